The van der Waals surface area contributed by atoms with E-state index in [1.165, 1.54) is 5.56 Å². The Morgan fingerprint density at radius 3 is 2.44 bits per heavy atom. The number of benzene rings is 2. The van der Waals surface area contributed by atoms with E-state index in [0.717, 1.165) is 15.6 Å². The van der Waals surface area contributed by atoms with Crippen LogP contribution in [0.2, 0.25) is 0 Å². The van der Waals surface area contributed by atoms with Crippen LogP contribution in [0.25, 0.3) is 10.1 Å². The molecule has 25 heavy (non-hydrogen) atoms. The van der Waals surface area contributed by atoms with Crippen LogP contribution in [0.1, 0.15) is 47.3 Å². The number of carbonyl (C=O) groups is 1. The van der Waals surface area contributed by atoms with Crippen molar-refractivity contribution < 1.29 is 4.79 Å². The molecular formula is C20H23ClN2OS. The van der Waals surface area contributed by atoms with Crippen LogP contribution in [0.15, 0.2) is 53.9 Å². The number of rotatable bonds is 5. The number of nitrogens with two attached hydrogens (primary N) is 1. The van der Waals surface area contributed by atoms with Gasteiger partial charge in [-0.25, -0.2) is 0 Å². The first kappa shape index (κ1) is 19.4. The molecule has 0 fully saturated rings. The summed E-state index contributed by atoms with van der Waals surface area (Å²) < 4.78 is 1.12. The van der Waals surface area contributed by atoms with Crippen molar-refractivity contribution in [1.29, 1.82) is 0 Å². The second-order valence-electron chi connectivity index (χ2n) is 6.28. The van der Waals surface area contributed by atoms with Gasteiger partial charge in [-0.05, 0) is 40.6 Å². The van der Waals surface area contributed by atoms with Crippen molar-refractivity contribution in [3.05, 3.63) is 70.6 Å². The molecule has 1 aromatic heterocycles. The van der Waals surface area contributed by atoms with Crippen LogP contribution < -0.4 is 11.1 Å². The summed E-state index contributed by atoms with van der Waals surface area (Å²) in [5, 5.41) is 5.96. The molecule has 3 rings (SSSR count). The fraction of sp³-hybridized carbons (Fsp3) is 0.250. The number of halogens is 1. The van der Waals surface area contributed by atoms with Crippen LogP contribution in [-0.2, 0) is 0 Å². The van der Waals surface area contributed by atoms with Gasteiger partial charge in [0.25, 0.3) is 5.91 Å². The Morgan fingerprint density at radius 2 is 1.76 bits per heavy atom. The molecule has 3 N–H and O–H groups in total. The molecule has 3 nitrogen and oxygen atoms in total. The van der Waals surface area contributed by atoms with Gasteiger partial charge in [-0.3, -0.25) is 4.79 Å². The number of amides is 1. The number of thiophene rings is 1. The summed E-state index contributed by atoms with van der Waals surface area (Å²) in [5.74, 6) is 0.425. The summed E-state index contributed by atoms with van der Waals surface area (Å²) in [6, 6.07) is 15.9. The molecule has 0 spiro atoms. The maximum absolute atomic E-state index is 12.5. The van der Waals surface area contributed by atoms with E-state index in [-0.39, 0.29) is 24.4 Å². The van der Waals surface area contributed by atoms with E-state index in [1.807, 2.05) is 41.8 Å². The number of hydrogen-bond acceptors (Lipinski definition) is 3. The first-order chi connectivity index (χ1) is 11.6. The Hall–Kier alpha value is -1.88. The van der Waals surface area contributed by atoms with E-state index in [0.29, 0.717) is 18.0 Å². The Balaban J connectivity index is 0.00000225. The molecule has 2 aromatic carbocycles. The van der Waals surface area contributed by atoms with E-state index >= 15 is 0 Å². The minimum Gasteiger partial charge on any atom is -0.350 e. The van der Waals surface area contributed by atoms with Crippen molar-refractivity contribution in [1.82, 2.24) is 5.32 Å². The van der Waals surface area contributed by atoms with Crippen molar-refractivity contribution in [3.8, 4) is 0 Å². The molecule has 0 radical (unpaired) electrons. The zero-order valence-electron chi connectivity index (χ0n) is 14.4. The van der Waals surface area contributed by atoms with Crippen molar-refractivity contribution in [2.75, 3.05) is 6.54 Å². The number of nitrogens with one attached hydrogen (secondary N) is 1. The monoisotopic (exact) mass is 374 g/mol. The Morgan fingerprint density at radius 1 is 1.08 bits per heavy atom. The van der Waals surface area contributed by atoms with Gasteiger partial charge in [0.05, 0.1) is 0 Å². The van der Waals surface area contributed by atoms with E-state index in [2.05, 4.69) is 31.3 Å². The summed E-state index contributed by atoms with van der Waals surface area (Å²) in [4.78, 5) is 12.5. The highest BCUT2D eigenvalue weighted by Gasteiger charge is 2.13. The molecule has 132 valence electrons. The molecule has 5 heteroatoms. The van der Waals surface area contributed by atoms with E-state index < -0.39 is 0 Å². The quantitative estimate of drug-likeness (QED) is 0.668. The third-order valence-electron chi connectivity index (χ3n) is 4.25. The van der Waals surface area contributed by atoms with Crippen LogP contribution in [-0.4, -0.2) is 12.5 Å². The summed E-state index contributed by atoms with van der Waals surface area (Å²) in [6.45, 7) is 4.75. The standard InChI is InChI=1S/C20H22N2OS.ClH/c1-13(2)14-6-8-15(9-7-14)18(21)12-22-20(23)17-4-3-5-19-16(17)10-11-24-19;/h3-11,13,18H,12,21H2,1-2H3,(H,22,23);1H. The first-order valence-electron chi connectivity index (χ1n) is 8.16. The van der Waals surface area contributed by atoms with Crippen molar-refractivity contribution in [2.45, 2.75) is 25.8 Å². The Bertz CT molecular complexity index is 842. The first-order valence-corrected chi connectivity index (χ1v) is 9.04. The molecule has 1 unspecified atom stereocenters. The fourth-order valence-corrected chi connectivity index (χ4v) is 3.55. The van der Waals surface area contributed by atoms with Crippen molar-refractivity contribution >= 4 is 39.7 Å². The minimum absolute atomic E-state index is 0. The summed E-state index contributed by atoms with van der Waals surface area (Å²) in [6.07, 6.45) is 0. The third kappa shape index (κ3) is 4.40. The molecule has 0 aliphatic heterocycles. The lowest BCUT2D eigenvalue weighted by Crippen LogP contribution is -2.32. The van der Waals surface area contributed by atoms with Crippen LogP contribution in [0.4, 0.5) is 0 Å². The smallest absolute Gasteiger partial charge is 0.252 e. The van der Waals surface area contributed by atoms with Gasteiger partial charge in [0, 0.05) is 28.2 Å². The summed E-state index contributed by atoms with van der Waals surface area (Å²) in [5.41, 5.74) is 9.26. The van der Waals surface area contributed by atoms with Gasteiger partial charge in [-0.1, -0.05) is 44.2 Å². The zero-order chi connectivity index (χ0) is 17.1. The Labute approximate surface area is 158 Å². The highest BCUT2D eigenvalue weighted by Crippen LogP contribution is 2.24. The van der Waals surface area contributed by atoms with Gasteiger partial charge in [0.1, 0.15) is 0 Å². The average Bonchev–Trinajstić information content (AvgIpc) is 3.08. The molecular weight excluding hydrogens is 352 g/mol. The maximum atomic E-state index is 12.5. The largest absolute Gasteiger partial charge is 0.350 e. The molecule has 1 amide bonds. The van der Waals surface area contributed by atoms with Gasteiger partial charge in [-0.15, -0.1) is 23.7 Å². The number of hydrogen-bond donors (Lipinski definition) is 2. The average molecular weight is 375 g/mol. The van der Waals surface area contributed by atoms with Gasteiger partial charge < -0.3 is 11.1 Å². The van der Waals surface area contributed by atoms with Gasteiger partial charge >= 0.3 is 0 Å². The minimum atomic E-state index is -0.211. The fourth-order valence-electron chi connectivity index (χ4n) is 2.74. The number of fused-ring (bicyclic) bond motifs is 1. The third-order valence-corrected chi connectivity index (χ3v) is 5.14. The van der Waals surface area contributed by atoms with Crippen molar-refractivity contribution in [2.24, 2.45) is 5.73 Å². The second-order valence-corrected chi connectivity index (χ2v) is 7.22. The van der Waals surface area contributed by atoms with E-state index in [4.69, 9.17) is 5.73 Å². The molecule has 1 heterocycles. The predicted octanol–water partition coefficient (Wildman–Crippen LogP) is 4.88. The summed E-state index contributed by atoms with van der Waals surface area (Å²) in [7, 11) is 0. The van der Waals surface area contributed by atoms with Crippen LogP contribution in [0, 0.1) is 0 Å². The SMILES string of the molecule is CC(C)c1ccc(C(N)CNC(=O)c2cccc3sccc23)cc1.Cl. The van der Waals surface area contributed by atoms with Crippen LogP contribution in [0.5, 0.6) is 0 Å². The molecule has 0 aliphatic rings. The summed E-state index contributed by atoms with van der Waals surface area (Å²) >= 11 is 1.64. The lowest BCUT2D eigenvalue weighted by Gasteiger charge is -2.15. The second kappa shape index (κ2) is 8.48. The predicted molar refractivity (Wildman–Crippen MR) is 109 cm³/mol. The topological polar surface area (TPSA) is 55.1 Å². The molecule has 3 aromatic rings. The highest BCUT2D eigenvalue weighted by atomic mass is 35.5. The van der Waals surface area contributed by atoms with E-state index in [1.54, 1.807) is 11.3 Å². The molecule has 0 saturated heterocycles. The van der Waals surface area contributed by atoms with Crippen LogP contribution in [0.3, 0.4) is 0 Å². The molecule has 0 saturated carbocycles. The van der Waals surface area contributed by atoms with Gasteiger partial charge in [0.15, 0.2) is 0 Å². The number of carbonyl (C=O) groups excluding carboxylic acids is 1. The normalized spacial score (nSPS) is 12.0. The zero-order valence-corrected chi connectivity index (χ0v) is 16.0. The Kier molecular flexibility index (Phi) is 6.59. The van der Waals surface area contributed by atoms with Gasteiger partial charge in [-0.2, -0.15) is 0 Å². The highest BCUT2D eigenvalue weighted by molar-refractivity contribution is 7.17. The van der Waals surface area contributed by atoms with Crippen LogP contribution >= 0.6 is 23.7 Å². The molecule has 0 aliphatic carbocycles. The van der Waals surface area contributed by atoms with Gasteiger partial charge in [0.2, 0.25) is 0 Å². The lowest BCUT2D eigenvalue weighted by atomic mass is 9.99. The lowest BCUT2D eigenvalue weighted by molar-refractivity contribution is 0.0953. The molecule has 1 atom stereocenters. The maximum Gasteiger partial charge on any atom is 0.252 e. The van der Waals surface area contributed by atoms with E-state index in [9.17, 15) is 4.79 Å². The van der Waals surface area contributed by atoms with Crippen molar-refractivity contribution in [3.63, 3.8) is 0 Å². The molecule has 0 bridgehead atoms.